The van der Waals surface area contributed by atoms with Gasteiger partial charge in [-0.3, -0.25) is 4.79 Å². The zero-order valence-electron chi connectivity index (χ0n) is 15.8. The van der Waals surface area contributed by atoms with Crippen molar-refractivity contribution in [1.29, 1.82) is 0 Å². The third-order valence-electron chi connectivity index (χ3n) is 6.57. The normalized spacial score (nSPS) is 31.0. The molecule has 1 aromatic rings. The second kappa shape index (κ2) is 6.39. The van der Waals surface area contributed by atoms with E-state index in [0.717, 1.165) is 6.42 Å². The van der Waals surface area contributed by atoms with Gasteiger partial charge in [-0.05, 0) is 49.3 Å². The van der Waals surface area contributed by atoms with Crippen LogP contribution in [0.5, 0.6) is 0 Å². The van der Waals surface area contributed by atoms with Gasteiger partial charge in [0.05, 0.1) is 12.7 Å². The first kappa shape index (κ1) is 19.1. The van der Waals surface area contributed by atoms with Crippen LogP contribution in [-0.2, 0) is 21.1 Å². The van der Waals surface area contributed by atoms with Crippen molar-refractivity contribution >= 4 is 12.0 Å². The van der Waals surface area contributed by atoms with Crippen LogP contribution in [0.15, 0.2) is 18.2 Å². The predicted octanol–water partition coefficient (Wildman–Crippen LogP) is 3.25. The molecule has 1 aromatic carbocycles. The van der Waals surface area contributed by atoms with Gasteiger partial charge in [-0.15, -0.1) is 0 Å². The second-order valence-corrected chi connectivity index (χ2v) is 8.30. The Morgan fingerprint density at radius 3 is 2.64 bits per heavy atom. The number of likely N-dealkylation sites (tertiary alicyclic amines) is 1. The molecule has 8 heteroatoms. The van der Waals surface area contributed by atoms with Gasteiger partial charge >= 0.3 is 12.3 Å². The summed E-state index contributed by atoms with van der Waals surface area (Å²) in [4.78, 5) is 25.8. The fourth-order valence-electron chi connectivity index (χ4n) is 4.76. The first-order valence-electron chi connectivity index (χ1n) is 9.45. The fourth-order valence-corrected chi connectivity index (χ4v) is 4.76. The van der Waals surface area contributed by atoms with E-state index in [0.29, 0.717) is 31.5 Å². The summed E-state index contributed by atoms with van der Waals surface area (Å²) in [6.45, 7) is 2.54. The Balaban J connectivity index is 1.41. The number of carbonyl (C=O) groups is 2. The first-order chi connectivity index (χ1) is 13.1. The summed E-state index contributed by atoms with van der Waals surface area (Å²) in [6, 6.07) is 4.52. The summed E-state index contributed by atoms with van der Waals surface area (Å²) >= 11 is 0. The van der Waals surface area contributed by atoms with Gasteiger partial charge in [-0.25, -0.2) is 4.79 Å². The van der Waals surface area contributed by atoms with E-state index >= 15 is 0 Å². The maximum atomic E-state index is 13.3. The van der Waals surface area contributed by atoms with Crippen molar-refractivity contribution in [3.05, 3.63) is 34.9 Å². The molecule has 2 aliphatic carbocycles. The van der Waals surface area contributed by atoms with Crippen molar-refractivity contribution in [2.45, 2.75) is 43.8 Å². The van der Waals surface area contributed by atoms with Gasteiger partial charge in [-0.1, -0.05) is 12.1 Å². The van der Waals surface area contributed by atoms with Crippen molar-refractivity contribution in [3.63, 3.8) is 0 Å². The number of ether oxygens (including phenoxy) is 1. The van der Waals surface area contributed by atoms with Crippen LogP contribution in [0.2, 0.25) is 0 Å². The standard InChI is InChI=1S/C20H23F3N2O3/c1-11-3-4-13(7-16(11)20(21,22)23)19-8-14(19)9-25(10-19)17(26)12-5-15(6-12)24-18(27)28-2/h3-4,7,12,14-15H,5-6,8-10H2,1-2H3,(H,24,27). The molecule has 1 aliphatic heterocycles. The van der Waals surface area contributed by atoms with E-state index in [-0.39, 0.29) is 34.8 Å². The number of nitrogens with one attached hydrogen (secondary N) is 1. The average molecular weight is 396 g/mol. The summed E-state index contributed by atoms with van der Waals surface area (Å²) in [5, 5.41) is 2.68. The van der Waals surface area contributed by atoms with Crippen LogP contribution in [0.3, 0.4) is 0 Å². The zero-order chi connectivity index (χ0) is 20.3. The third-order valence-corrected chi connectivity index (χ3v) is 6.57. The maximum absolute atomic E-state index is 13.3. The van der Waals surface area contributed by atoms with Gasteiger partial charge < -0.3 is 15.0 Å². The van der Waals surface area contributed by atoms with Gasteiger partial charge in [0.15, 0.2) is 0 Å². The van der Waals surface area contributed by atoms with E-state index in [2.05, 4.69) is 10.1 Å². The molecule has 2 unspecified atom stereocenters. The molecular formula is C20H23F3N2O3. The monoisotopic (exact) mass is 396 g/mol. The molecule has 0 aromatic heterocycles. The van der Waals surface area contributed by atoms with Crippen molar-refractivity contribution in [3.8, 4) is 0 Å². The minimum atomic E-state index is -4.37. The van der Waals surface area contributed by atoms with Crippen molar-refractivity contribution in [2.24, 2.45) is 11.8 Å². The van der Waals surface area contributed by atoms with E-state index < -0.39 is 17.8 Å². The molecule has 3 fully saturated rings. The number of nitrogens with zero attached hydrogens (tertiary/aromatic N) is 1. The van der Waals surface area contributed by atoms with Gasteiger partial charge in [0.1, 0.15) is 0 Å². The van der Waals surface area contributed by atoms with Crippen LogP contribution in [0, 0.1) is 18.8 Å². The molecule has 28 heavy (non-hydrogen) atoms. The molecule has 5 nitrogen and oxygen atoms in total. The minimum absolute atomic E-state index is 0.0395. The number of hydrogen-bond donors (Lipinski definition) is 1. The quantitative estimate of drug-likeness (QED) is 0.853. The molecule has 3 aliphatic rings. The number of halogens is 3. The van der Waals surface area contributed by atoms with Crippen molar-refractivity contribution < 1.29 is 27.5 Å². The molecule has 1 heterocycles. The maximum Gasteiger partial charge on any atom is 0.416 e. The minimum Gasteiger partial charge on any atom is -0.453 e. The summed E-state index contributed by atoms with van der Waals surface area (Å²) in [7, 11) is 1.29. The zero-order valence-corrected chi connectivity index (χ0v) is 15.8. The highest BCUT2D eigenvalue weighted by Gasteiger charge is 2.62. The van der Waals surface area contributed by atoms with E-state index in [9.17, 15) is 22.8 Å². The molecular weight excluding hydrogens is 373 g/mol. The van der Waals surface area contributed by atoms with Crippen LogP contribution < -0.4 is 5.32 Å². The van der Waals surface area contributed by atoms with Crippen LogP contribution in [0.4, 0.5) is 18.0 Å². The molecule has 1 N–H and O–H groups in total. The average Bonchev–Trinajstić information content (AvgIpc) is 3.17. The molecule has 0 spiro atoms. The highest BCUT2D eigenvalue weighted by atomic mass is 19.4. The smallest absolute Gasteiger partial charge is 0.416 e. The molecule has 0 bridgehead atoms. The Bertz CT molecular complexity index is 819. The lowest BCUT2D eigenvalue weighted by atomic mass is 9.79. The Kier molecular flexibility index (Phi) is 4.35. The van der Waals surface area contributed by atoms with Crippen molar-refractivity contribution in [2.75, 3.05) is 20.2 Å². The highest BCUT2D eigenvalue weighted by Crippen LogP contribution is 2.59. The molecule has 4 rings (SSSR count). The number of alkyl carbamates (subject to hydrolysis) is 1. The fraction of sp³-hybridized carbons (Fsp3) is 0.600. The Morgan fingerprint density at radius 1 is 1.29 bits per heavy atom. The van der Waals surface area contributed by atoms with E-state index in [1.54, 1.807) is 11.0 Å². The number of aryl methyl sites for hydroxylation is 1. The number of methoxy groups -OCH3 is 1. The second-order valence-electron chi connectivity index (χ2n) is 8.30. The molecule has 2 saturated carbocycles. The molecule has 2 amide bonds. The first-order valence-corrected chi connectivity index (χ1v) is 9.45. The lowest BCUT2D eigenvalue weighted by Gasteiger charge is -2.37. The van der Waals surface area contributed by atoms with Crippen LogP contribution in [0.1, 0.15) is 36.0 Å². The van der Waals surface area contributed by atoms with E-state index in [1.807, 2.05) is 0 Å². The molecule has 2 atom stereocenters. The SMILES string of the molecule is COC(=O)NC1CC(C(=O)N2CC3CC3(c3ccc(C)c(C(F)(F)F)c3)C2)C1. The summed E-state index contributed by atoms with van der Waals surface area (Å²) < 4.78 is 44.4. The van der Waals surface area contributed by atoms with Gasteiger partial charge in [-0.2, -0.15) is 13.2 Å². The largest absolute Gasteiger partial charge is 0.453 e. The Morgan fingerprint density at radius 2 is 2.00 bits per heavy atom. The Hall–Kier alpha value is -2.25. The molecule has 152 valence electrons. The highest BCUT2D eigenvalue weighted by molar-refractivity contribution is 5.81. The van der Waals surface area contributed by atoms with Gasteiger partial charge in [0.2, 0.25) is 5.91 Å². The number of carbonyl (C=O) groups excluding carboxylic acids is 2. The number of piperidine rings is 1. The Labute approximate surface area is 161 Å². The summed E-state index contributed by atoms with van der Waals surface area (Å²) in [6.07, 6.45) is -2.90. The predicted molar refractivity (Wildman–Crippen MR) is 94.6 cm³/mol. The van der Waals surface area contributed by atoms with E-state index in [1.165, 1.54) is 26.2 Å². The van der Waals surface area contributed by atoms with E-state index in [4.69, 9.17) is 0 Å². The van der Waals surface area contributed by atoms with Crippen molar-refractivity contribution in [1.82, 2.24) is 10.2 Å². The van der Waals surface area contributed by atoms with Gasteiger partial charge in [0, 0.05) is 30.5 Å². The number of fused-ring (bicyclic) bond motifs is 1. The number of benzene rings is 1. The number of rotatable bonds is 3. The van der Waals surface area contributed by atoms with Crippen LogP contribution in [-0.4, -0.2) is 43.1 Å². The molecule has 1 saturated heterocycles. The summed E-state index contributed by atoms with van der Waals surface area (Å²) in [5.74, 6) is 0.127. The lowest BCUT2D eigenvalue weighted by molar-refractivity contribution is -0.139. The summed E-state index contributed by atoms with van der Waals surface area (Å²) in [5.41, 5.74) is -0.0268. The topological polar surface area (TPSA) is 58.6 Å². The molecule has 0 radical (unpaired) electrons. The number of hydrogen-bond acceptors (Lipinski definition) is 3. The number of alkyl halides is 3. The van der Waals surface area contributed by atoms with Crippen LogP contribution in [0.25, 0.3) is 0 Å². The number of amides is 2. The lowest BCUT2D eigenvalue weighted by Crippen LogP contribution is -2.50. The third kappa shape index (κ3) is 3.12. The van der Waals surface area contributed by atoms with Gasteiger partial charge in [0.25, 0.3) is 0 Å². The van der Waals surface area contributed by atoms with Crippen LogP contribution >= 0.6 is 0 Å².